The molecule has 1 atom stereocenters. The van der Waals surface area contributed by atoms with E-state index in [2.05, 4.69) is 10.3 Å². The summed E-state index contributed by atoms with van der Waals surface area (Å²) in [6, 6.07) is 0.152. The summed E-state index contributed by atoms with van der Waals surface area (Å²) in [5, 5.41) is 11.9. The topological polar surface area (TPSA) is 82.2 Å². The zero-order chi connectivity index (χ0) is 13.4. The van der Waals surface area contributed by atoms with Crippen LogP contribution in [0.4, 0.5) is 0 Å². The molecule has 1 aliphatic rings. The van der Waals surface area contributed by atoms with Crippen molar-refractivity contribution in [1.29, 1.82) is 0 Å². The van der Waals surface area contributed by atoms with Gasteiger partial charge in [0.2, 0.25) is 0 Å². The minimum absolute atomic E-state index is 0.0942. The molecule has 1 aliphatic carbocycles. The highest BCUT2D eigenvalue weighted by Crippen LogP contribution is 2.32. The van der Waals surface area contributed by atoms with Crippen LogP contribution in [0.15, 0.2) is 0 Å². The van der Waals surface area contributed by atoms with Gasteiger partial charge in [0.15, 0.2) is 0 Å². The van der Waals surface area contributed by atoms with Crippen molar-refractivity contribution in [2.45, 2.75) is 39.7 Å². The van der Waals surface area contributed by atoms with Crippen molar-refractivity contribution in [3.05, 3.63) is 22.5 Å². The molecule has 1 fully saturated rings. The lowest BCUT2D eigenvalue weighted by Gasteiger charge is -2.13. The number of aromatic amines is 1. The lowest BCUT2D eigenvalue weighted by molar-refractivity contribution is 0.0690. The fourth-order valence-electron chi connectivity index (χ4n) is 2.30. The Morgan fingerprint density at radius 1 is 1.39 bits per heavy atom. The molecule has 0 spiro atoms. The number of carbonyl (C=O) groups excluding carboxylic acids is 1. The molecule has 0 radical (unpaired) electrons. The molecule has 1 amide bonds. The lowest BCUT2D eigenvalue weighted by Crippen LogP contribution is -2.34. The van der Waals surface area contributed by atoms with E-state index in [1.54, 1.807) is 13.8 Å². The Labute approximate surface area is 106 Å². The van der Waals surface area contributed by atoms with Crippen LogP contribution in [-0.2, 0) is 0 Å². The summed E-state index contributed by atoms with van der Waals surface area (Å²) in [7, 11) is 0. The predicted molar refractivity (Wildman–Crippen MR) is 66.9 cm³/mol. The Kier molecular flexibility index (Phi) is 3.15. The molecule has 5 heteroatoms. The van der Waals surface area contributed by atoms with Gasteiger partial charge in [-0.1, -0.05) is 0 Å². The Morgan fingerprint density at radius 3 is 2.44 bits per heavy atom. The number of amides is 1. The standard InChI is InChI=1S/C13H18N2O3/c1-6-10(8(3)14-11(6)13(17)18)12(16)15-7(2)9-4-5-9/h7,9,14H,4-5H2,1-3H3,(H,15,16)(H,17,18). The first kappa shape index (κ1) is 12.7. The van der Waals surface area contributed by atoms with Crippen LogP contribution in [0.5, 0.6) is 0 Å². The van der Waals surface area contributed by atoms with E-state index < -0.39 is 5.97 Å². The maximum atomic E-state index is 12.1. The number of H-pyrrole nitrogens is 1. The van der Waals surface area contributed by atoms with E-state index in [0.717, 1.165) is 12.8 Å². The third-order valence-corrected chi connectivity index (χ3v) is 3.57. The Balaban J connectivity index is 2.21. The first-order valence-electron chi connectivity index (χ1n) is 6.15. The van der Waals surface area contributed by atoms with E-state index in [4.69, 9.17) is 5.11 Å². The van der Waals surface area contributed by atoms with E-state index in [9.17, 15) is 9.59 Å². The number of carboxylic acid groups (broad SMARTS) is 1. The van der Waals surface area contributed by atoms with Crippen LogP contribution in [0.1, 0.15) is 51.9 Å². The molecular weight excluding hydrogens is 232 g/mol. The van der Waals surface area contributed by atoms with Gasteiger partial charge < -0.3 is 15.4 Å². The van der Waals surface area contributed by atoms with E-state index in [1.165, 1.54) is 0 Å². The molecule has 1 aromatic rings. The summed E-state index contributed by atoms with van der Waals surface area (Å²) in [6.07, 6.45) is 2.32. The number of nitrogens with one attached hydrogen (secondary N) is 2. The number of aromatic nitrogens is 1. The van der Waals surface area contributed by atoms with Gasteiger partial charge in [0.1, 0.15) is 5.69 Å². The van der Waals surface area contributed by atoms with Gasteiger partial charge in [0, 0.05) is 11.7 Å². The van der Waals surface area contributed by atoms with Crippen LogP contribution in [-0.4, -0.2) is 28.0 Å². The van der Waals surface area contributed by atoms with Gasteiger partial charge in [0.05, 0.1) is 5.56 Å². The van der Waals surface area contributed by atoms with Crippen LogP contribution in [0.3, 0.4) is 0 Å². The molecule has 3 N–H and O–H groups in total. The van der Waals surface area contributed by atoms with Crippen molar-refractivity contribution in [1.82, 2.24) is 10.3 Å². The number of hydrogen-bond acceptors (Lipinski definition) is 2. The smallest absolute Gasteiger partial charge is 0.352 e. The monoisotopic (exact) mass is 250 g/mol. The van der Waals surface area contributed by atoms with Crippen molar-refractivity contribution in [3.63, 3.8) is 0 Å². The van der Waals surface area contributed by atoms with Gasteiger partial charge >= 0.3 is 5.97 Å². The maximum Gasteiger partial charge on any atom is 0.352 e. The molecule has 1 heterocycles. The molecule has 2 rings (SSSR count). The Hall–Kier alpha value is -1.78. The summed E-state index contributed by atoms with van der Waals surface area (Å²) >= 11 is 0. The number of carboxylic acids is 1. The number of hydrogen-bond donors (Lipinski definition) is 3. The van der Waals surface area contributed by atoms with Crippen molar-refractivity contribution < 1.29 is 14.7 Å². The highest BCUT2D eigenvalue weighted by molar-refractivity contribution is 6.00. The fourth-order valence-corrected chi connectivity index (χ4v) is 2.30. The van der Waals surface area contributed by atoms with Crippen LogP contribution in [0.25, 0.3) is 0 Å². The van der Waals surface area contributed by atoms with E-state index in [-0.39, 0.29) is 17.6 Å². The van der Waals surface area contributed by atoms with Gasteiger partial charge in [-0.3, -0.25) is 4.79 Å². The van der Waals surface area contributed by atoms with E-state index in [1.807, 2.05) is 6.92 Å². The summed E-state index contributed by atoms with van der Waals surface area (Å²) in [6.45, 7) is 5.37. The second-order valence-electron chi connectivity index (χ2n) is 5.03. The molecule has 98 valence electrons. The van der Waals surface area contributed by atoms with Gasteiger partial charge in [-0.05, 0) is 45.1 Å². The lowest BCUT2D eigenvalue weighted by atomic mass is 10.1. The molecule has 1 saturated carbocycles. The molecule has 1 unspecified atom stereocenters. The molecule has 0 aromatic carbocycles. The Morgan fingerprint density at radius 2 is 2.00 bits per heavy atom. The van der Waals surface area contributed by atoms with Crippen LogP contribution in [0.2, 0.25) is 0 Å². The first-order chi connectivity index (χ1) is 8.41. The third kappa shape index (κ3) is 2.25. The summed E-state index contributed by atoms with van der Waals surface area (Å²) < 4.78 is 0. The van der Waals surface area contributed by atoms with E-state index in [0.29, 0.717) is 22.7 Å². The summed E-state index contributed by atoms with van der Waals surface area (Å²) in [5.41, 5.74) is 1.66. The number of carbonyl (C=O) groups is 2. The SMILES string of the molecule is Cc1[nH]c(C(=O)O)c(C)c1C(=O)NC(C)C1CC1. The zero-order valence-corrected chi connectivity index (χ0v) is 10.8. The van der Waals surface area contributed by atoms with Gasteiger partial charge in [-0.2, -0.15) is 0 Å². The fraction of sp³-hybridized carbons (Fsp3) is 0.538. The van der Waals surface area contributed by atoms with Crippen molar-refractivity contribution in [2.75, 3.05) is 0 Å². The van der Waals surface area contributed by atoms with Crippen molar-refractivity contribution in [3.8, 4) is 0 Å². The average molecular weight is 250 g/mol. The van der Waals surface area contributed by atoms with Gasteiger partial charge in [-0.15, -0.1) is 0 Å². The average Bonchev–Trinajstić information content (AvgIpc) is 3.05. The quantitative estimate of drug-likeness (QED) is 0.762. The summed E-state index contributed by atoms with van der Waals surface area (Å²) in [5.74, 6) is -0.648. The molecule has 1 aromatic heterocycles. The van der Waals surface area contributed by atoms with Crippen LogP contribution >= 0.6 is 0 Å². The molecule has 0 aliphatic heterocycles. The van der Waals surface area contributed by atoms with Crippen LogP contribution < -0.4 is 5.32 Å². The second-order valence-corrected chi connectivity index (χ2v) is 5.03. The molecule has 0 bridgehead atoms. The number of aryl methyl sites for hydroxylation is 1. The zero-order valence-electron chi connectivity index (χ0n) is 10.8. The van der Waals surface area contributed by atoms with Crippen molar-refractivity contribution in [2.24, 2.45) is 5.92 Å². The third-order valence-electron chi connectivity index (χ3n) is 3.57. The normalized spacial score (nSPS) is 16.4. The van der Waals surface area contributed by atoms with Crippen molar-refractivity contribution >= 4 is 11.9 Å². The number of aromatic carboxylic acids is 1. The predicted octanol–water partition coefficient (Wildman–Crippen LogP) is 1.86. The molecular formula is C13H18N2O3. The van der Waals surface area contributed by atoms with Crippen LogP contribution in [0, 0.1) is 19.8 Å². The second kappa shape index (κ2) is 4.48. The maximum absolute atomic E-state index is 12.1. The molecule has 5 nitrogen and oxygen atoms in total. The van der Waals surface area contributed by atoms with Gasteiger partial charge in [0.25, 0.3) is 5.91 Å². The van der Waals surface area contributed by atoms with Gasteiger partial charge in [-0.25, -0.2) is 4.79 Å². The first-order valence-corrected chi connectivity index (χ1v) is 6.15. The summed E-state index contributed by atoms with van der Waals surface area (Å²) in [4.78, 5) is 25.9. The number of rotatable bonds is 4. The van der Waals surface area contributed by atoms with E-state index >= 15 is 0 Å². The minimum Gasteiger partial charge on any atom is -0.477 e. The molecule has 18 heavy (non-hydrogen) atoms. The largest absolute Gasteiger partial charge is 0.477 e. The highest BCUT2D eigenvalue weighted by atomic mass is 16.4. The minimum atomic E-state index is -1.04. The Bertz CT molecular complexity index is 501. The highest BCUT2D eigenvalue weighted by Gasteiger charge is 2.30. The molecule has 0 saturated heterocycles.